The Balaban J connectivity index is 1.74. The van der Waals surface area contributed by atoms with Crippen LogP contribution in [0.4, 0.5) is 5.95 Å². The molecule has 130 valence electrons. The van der Waals surface area contributed by atoms with Gasteiger partial charge in [-0.05, 0) is 62.2 Å². The van der Waals surface area contributed by atoms with E-state index in [1.165, 1.54) is 5.56 Å². The summed E-state index contributed by atoms with van der Waals surface area (Å²) >= 11 is 0. The second-order valence-corrected chi connectivity index (χ2v) is 6.05. The van der Waals surface area contributed by atoms with Crippen molar-refractivity contribution in [3.8, 4) is 11.5 Å². The number of hydrogen-bond donors (Lipinski definition) is 2. The summed E-state index contributed by atoms with van der Waals surface area (Å²) < 4.78 is 11.1. The molecule has 0 saturated carbocycles. The van der Waals surface area contributed by atoms with Gasteiger partial charge in [-0.1, -0.05) is 6.07 Å². The first-order valence-corrected chi connectivity index (χ1v) is 8.15. The molecule has 0 saturated heterocycles. The molecule has 2 aromatic carbocycles. The van der Waals surface area contributed by atoms with Gasteiger partial charge in [0.15, 0.2) is 11.5 Å². The average Bonchev–Trinajstić information content (AvgIpc) is 2.96. The van der Waals surface area contributed by atoms with E-state index in [2.05, 4.69) is 26.6 Å². The van der Waals surface area contributed by atoms with Gasteiger partial charge < -0.3 is 14.5 Å². The number of H-pyrrole nitrogens is 1. The third kappa shape index (κ3) is 4.09. The minimum Gasteiger partial charge on any atom is -0.493 e. The fourth-order valence-electron chi connectivity index (χ4n) is 2.46. The van der Waals surface area contributed by atoms with E-state index in [-0.39, 0.29) is 6.10 Å². The lowest BCUT2D eigenvalue weighted by atomic mass is 10.2. The highest BCUT2D eigenvalue weighted by Gasteiger charge is 2.07. The van der Waals surface area contributed by atoms with Crippen LogP contribution in [0.3, 0.4) is 0 Å². The minimum atomic E-state index is 0.0678. The fourth-order valence-corrected chi connectivity index (χ4v) is 2.46. The van der Waals surface area contributed by atoms with Crippen LogP contribution >= 0.6 is 0 Å². The van der Waals surface area contributed by atoms with Crippen molar-refractivity contribution in [1.29, 1.82) is 0 Å². The first-order valence-electron chi connectivity index (χ1n) is 8.15. The monoisotopic (exact) mass is 338 g/mol. The highest BCUT2D eigenvalue weighted by atomic mass is 16.5. The Labute approximate surface area is 146 Å². The molecule has 3 aromatic rings. The molecule has 0 spiro atoms. The molecule has 0 bridgehead atoms. The largest absolute Gasteiger partial charge is 0.493 e. The molecule has 0 radical (unpaired) electrons. The Kier molecular flexibility index (Phi) is 4.88. The van der Waals surface area contributed by atoms with Crippen molar-refractivity contribution in [2.45, 2.75) is 26.9 Å². The number of ether oxygens (including phenoxy) is 2. The van der Waals surface area contributed by atoms with E-state index in [0.717, 1.165) is 16.6 Å². The molecule has 0 aliphatic heterocycles. The first kappa shape index (κ1) is 16.8. The summed E-state index contributed by atoms with van der Waals surface area (Å²) in [7, 11) is 1.63. The number of nitrogens with one attached hydrogen (secondary N) is 2. The van der Waals surface area contributed by atoms with E-state index in [1.54, 1.807) is 13.3 Å². The van der Waals surface area contributed by atoms with Crippen molar-refractivity contribution in [3.63, 3.8) is 0 Å². The highest BCUT2D eigenvalue weighted by Crippen LogP contribution is 2.28. The van der Waals surface area contributed by atoms with Crippen LogP contribution in [0.5, 0.6) is 11.5 Å². The maximum atomic E-state index is 5.77. The second-order valence-electron chi connectivity index (χ2n) is 6.05. The summed E-state index contributed by atoms with van der Waals surface area (Å²) in [5.74, 6) is 2.00. The first-order chi connectivity index (χ1) is 12.0. The van der Waals surface area contributed by atoms with Crippen LogP contribution < -0.4 is 14.9 Å². The number of benzene rings is 2. The molecule has 6 heteroatoms. The number of aromatic amines is 1. The van der Waals surface area contributed by atoms with E-state index in [1.807, 2.05) is 51.1 Å². The number of methoxy groups -OCH3 is 1. The number of aromatic nitrogens is 2. The zero-order chi connectivity index (χ0) is 17.8. The zero-order valence-corrected chi connectivity index (χ0v) is 14.8. The molecule has 0 aliphatic carbocycles. The molecule has 0 aliphatic rings. The van der Waals surface area contributed by atoms with Crippen molar-refractivity contribution in [1.82, 2.24) is 9.97 Å². The van der Waals surface area contributed by atoms with E-state index < -0.39 is 0 Å². The molecule has 0 amide bonds. The number of fused-ring (bicyclic) bond motifs is 1. The standard InChI is InChI=1S/C19H22N4O2/c1-12(2)25-18-10-14(6-8-17(18)24-4)11-20-23-19-21-15-7-5-13(3)9-16(15)22-19/h5-12H,1-4H3,(H2,21,22,23)/b20-11-. The van der Waals surface area contributed by atoms with Gasteiger partial charge >= 0.3 is 0 Å². The lowest BCUT2D eigenvalue weighted by Gasteiger charge is -2.13. The highest BCUT2D eigenvalue weighted by molar-refractivity contribution is 5.82. The SMILES string of the molecule is COc1ccc(/C=N\Nc2nc3ccc(C)cc3[nH]2)cc1OC(C)C. The summed E-state index contributed by atoms with van der Waals surface area (Å²) in [5.41, 5.74) is 6.89. The van der Waals surface area contributed by atoms with Crippen LogP contribution in [0.15, 0.2) is 41.5 Å². The molecule has 2 N–H and O–H groups in total. The smallest absolute Gasteiger partial charge is 0.222 e. The third-order valence-corrected chi connectivity index (χ3v) is 3.57. The maximum Gasteiger partial charge on any atom is 0.222 e. The van der Waals surface area contributed by atoms with Gasteiger partial charge in [0.25, 0.3) is 0 Å². The number of hydrogen-bond acceptors (Lipinski definition) is 5. The normalized spacial score (nSPS) is 11.4. The second kappa shape index (κ2) is 7.25. The molecule has 6 nitrogen and oxygen atoms in total. The average molecular weight is 338 g/mol. The molecular formula is C19H22N4O2. The Bertz CT molecular complexity index is 900. The quantitative estimate of drug-likeness (QED) is 0.524. The number of anilines is 1. The zero-order valence-electron chi connectivity index (χ0n) is 14.8. The summed E-state index contributed by atoms with van der Waals surface area (Å²) in [6, 6.07) is 11.7. The molecule has 25 heavy (non-hydrogen) atoms. The predicted molar refractivity (Wildman–Crippen MR) is 101 cm³/mol. The molecule has 1 heterocycles. The topological polar surface area (TPSA) is 71.5 Å². The molecule has 0 fully saturated rings. The molecular weight excluding hydrogens is 316 g/mol. The van der Waals surface area contributed by atoms with Gasteiger partial charge in [-0.3, -0.25) is 0 Å². The summed E-state index contributed by atoms with van der Waals surface area (Å²) in [4.78, 5) is 7.64. The van der Waals surface area contributed by atoms with Gasteiger partial charge in [-0.2, -0.15) is 5.10 Å². The Hall–Kier alpha value is -3.02. The maximum absolute atomic E-state index is 5.77. The molecule has 0 atom stereocenters. The number of rotatable bonds is 6. The summed E-state index contributed by atoms with van der Waals surface area (Å²) in [6.07, 6.45) is 1.78. The Morgan fingerprint density at radius 1 is 1.16 bits per heavy atom. The molecule has 0 unspecified atom stereocenters. The van der Waals surface area contributed by atoms with Crippen molar-refractivity contribution in [2.24, 2.45) is 5.10 Å². The molecule has 1 aromatic heterocycles. The number of aryl methyl sites for hydroxylation is 1. The van der Waals surface area contributed by atoms with E-state index in [0.29, 0.717) is 17.4 Å². The summed E-state index contributed by atoms with van der Waals surface area (Å²) in [5, 5.41) is 4.24. The van der Waals surface area contributed by atoms with Crippen molar-refractivity contribution < 1.29 is 9.47 Å². The van der Waals surface area contributed by atoms with Crippen LogP contribution in [-0.4, -0.2) is 29.4 Å². The van der Waals surface area contributed by atoms with Crippen molar-refractivity contribution in [2.75, 3.05) is 12.5 Å². The third-order valence-electron chi connectivity index (χ3n) is 3.57. The van der Waals surface area contributed by atoms with Gasteiger partial charge in [0.05, 0.1) is 30.5 Å². The fraction of sp³-hybridized carbons (Fsp3) is 0.263. The van der Waals surface area contributed by atoms with Crippen molar-refractivity contribution in [3.05, 3.63) is 47.5 Å². The van der Waals surface area contributed by atoms with Gasteiger partial charge in [0.2, 0.25) is 5.95 Å². The van der Waals surface area contributed by atoms with E-state index in [9.17, 15) is 0 Å². The van der Waals surface area contributed by atoms with Crippen LogP contribution in [0.1, 0.15) is 25.0 Å². The van der Waals surface area contributed by atoms with Crippen LogP contribution in [0.2, 0.25) is 0 Å². The van der Waals surface area contributed by atoms with E-state index in [4.69, 9.17) is 9.47 Å². The van der Waals surface area contributed by atoms with Gasteiger partial charge in [-0.15, -0.1) is 0 Å². The summed E-state index contributed by atoms with van der Waals surface area (Å²) in [6.45, 7) is 6.00. The number of hydrazone groups is 1. The van der Waals surface area contributed by atoms with Crippen LogP contribution in [-0.2, 0) is 0 Å². The molecule has 3 rings (SSSR count). The van der Waals surface area contributed by atoms with Crippen LogP contribution in [0, 0.1) is 6.92 Å². The number of imidazole rings is 1. The lowest BCUT2D eigenvalue weighted by Crippen LogP contribution is -2.07. The van der Waals surface area contributed by atoms with Crippen molar-refractivity contribution >= 4 is 23.2 Å². The minimum absolute atomic E-state index is 0.0678. The Morgan fingerprint density at radius 3 is 2.76 bits per heavy atom. The van der Waals surface area contributed by atoms with Gasteiger partial charge in [0.1, 0.15) is 0 Å². The van der Waals surface area contributed by atoms with Crippen LogP contribution in [0.25, 0.3) is 11.0 Å². The lowest BCUT2D eigenvalue weighted by molar-refractivity contribution is 0.230. The van der Waals surface area contributed by atoms with Gasteiger partial charge in [0, 0.05) is 0 Å². The van der Waals surface area contributed by atoms with Gasteiger partial charge in [-0.25, -0.2) is 10.4 Å². The van der Waals surface area contributed by atoms with E-state index >= 15 is 0 Å². The predicted octanol–water partition coefficient (Wildman–Crippen LogP) is 4.11. The number of nitrogens with zero attached hydrogens (tertiary/aromatic N) is 2. The Morgan fingerprint density at radius 2 is 2.00 bits per heavy atom.